The van der Waals surface area contributed by atoms with Crippen LogP contribution >= 0.6 is 0 Å². The topological polar surface area (TPSA) is 55.8 Å². The summed E-state index contributed by atoms with van der Waals surface area (Å²) in [6.07, 6.45) is 2.66. The van der Waals surface area contributed by atoms with E-state index in [1.54, 1.807) is 7.11 Å². The molecule has 20 heavy (non-hydrogen) atoms. The van der Waals surface area contributed by atoms with E-state index in [4.69, 9.17) is 9.47 Å². The molecule has 0 aromatic carbocycles. The molecular formula is C16H24O4. The number of ether oxygens (including phenoxy) is 2. The van der Waals surface area contributed by atoms with Crippen LogP contribution in [0.5, 0.6) is 0 Å². The van der Waals surface area contributed by atoms with Gasteiger partial charge >= 0.3 is 5.97 Å². The van der Waals surface area contributed by atoms with Crippen molar-refractivity contribution >= 4 is 5.97 Å². The predicted molar refractivity (Wildman–Crippen MR) is 74.1 cm³/mol. The third-order valence-corrected chi connectivity index (χ3v) is 6.24. The standard InChI is InChI=1S/C16H24O4/c1-9-5-6-13(19-4)16(18)8-12-11(7-15(9,16)3)10(2)14(17)20-12/h9,12-13,18H,5-8H2,1-4H3/t9-,12?,13+,15+,16-/m0/s1. The number of carbonyl (C=O) groups excluding carboxylic acids is 1. The lowest BCUT2D eigenvalue weighted by atomic mass is 9.51. The summed E-state index contributed by atoms with van der Waals surface area (Å²) < 4.78 is 11.0. The zero-order valence-corrected chi connectivity index (χ0v) is 12.7. The van der Waals surface area contributed by atoms with Gasteiger partial charge in [0.15, 0.2) is 0 Å². The zero-order chi connectivity index (χ0) is 14.7. The van der Waals surface area contributed by atoms with Crippen LogP contribution in [0.2, 0.25) is 0 Å². The van der Waals surface area contributed by atoms with E-state index in [0.29, 0.717) is 12.3 Å². The second-order valence-corrected chi connectivity index (χ2v) is 6.97. The molecule has 2 fully saturated rings. The lowest BCUT2D eigenvalue weighted by molar-refractivity contribution is -0.228. The Morgan fingerprint density at radius 1 is 1.40 bits per heavy atom. The molecule has 0 saturated heterocycles. The van der Waals surface area contributed by atoms with Crippen molar-refractivity contribution in [3.8, 4) is 0 Å². The van der Waals surface area contributed by atoms with E-state index in [9.17, 15) is 9.90 Å². The van der Waals surface area contributed by atoms with Crippen molar-refractivity contribution in [2.45, 2.75) is 64.3 Å². The fourth-order valence-electron chi connectivity index (χ4n) is 4.51. The average molecular weight is 280 g/mol. The normalized spacial score (nSPS) is 47.9. The highest BCUT2D eigenvalue weighted by molar-refractivity contribution is 5.91. The number of aliphatic hydroxyl groups is 1. The van der Waals surface area contributed by atoms with Crippen molar-refractivity contribution in [3.05, 3.63) is 11.1 Å². The number of hydrogen-bond donors (Lipinski definition) is 1. The average Bonchev–Trinajstić information content (AvgIpc) is 2.65. The molecule has 0 aromatic heterocycles. The molecule has 4 nitrogen and oxygen atoms in total. The van der Waals surface area contributed by atoms with Crippen LogP contribution in [-0.2, 0) is 14.3 Å². The van der Waals surface area contributed by atoms with Crippen molar-refractivity contribution in [2.75, 3.05) is 7.11 Å². The van der Waals surface area contributed by atoms with Crippen LogP contribution < -0.4 is 0 Å². The summed E-state index contributed by atoms with van der Waals surface area (Å²) >= 11 is 0. The van der Waals surface area contributed by atoms with Gasteiger partial charge in [0.1, 0.15) is 11.7 Å². The fraction of sp³-hybridized carbons (Fsp3) is 0.812. The maximum atomic E-state index is 11.8. The third kappa shape index (κ3) is 1.58. The lowest BCUT2D eigenvalue weighted by Gasteiger charge is -2.59. The fourth-order valence-corrected chi connectivity index (χ4v) is 4.51. The van der Waals surface area contributed by atoms with E-state index in [0.717, 1.165) is 30.4 Å². The molecular weight excluding hydrogens is 256 g/mol. The molecule has 1 unspecified atom stereocenters. The summed E-state index contributed by atoms with van der Waals surface area (Å²) in [6, 6.07) is 0. The Kier molecular flexibility index (Phi) is 3.04. The van der Waals surface area contributed by atoms with Gasteiger partial charge in [0.25, 0.3) is 0 Å². The third-order valence-electron chi connectivity index (χ3n) is 6.24. The van der Waals surface area contributed by atoms with Crippen LogP contribution in [0.3, 0.4) is 0 Å². The highest BCUT2D eigenvalue weighted by Gasteiger charge is 2.63. The SMILES string of the molecule is CO[C@@H]1CC[C@H](C)[C@@]2(C)CC3=C(C)C(=O)OC3C[C@]12O. The van der Waals surface area contributed by atoms with E-state index in [2.05, 4.69) is 13.8 Å². The van der Waals surface area contributed by atoms with Gasteiger partial charge < -0.3 is 14.6 Å². The van der Waals surface area contributed by atoms with Crippen molar-refractivity contribution in [2.24, 2.45) is 11.3 Å². The summed E-state index contributed by atoms with van der Waals surface area (Å²) in [5.41, 5.74) is 0.654. The molecule has 2 saturated carbocycles. The van der Waals surface area contributed by atoms with Crippen LogP contribution in [0, 0.1) is 11.3 Å². The molecule has 5 atom stereocenters. The number of rotatable bonds is 1. The van der Waals surface area contributed by atoms with Gasteiger partial charge in [-0.3, -0.25) is 0 Å². The van der Waals surface area contributed by atoms with Crippen molar-refractivity contribution in [1.82, 2.24) is 0 Å². The molecule has 1 aliphatic heterocycles. The quantitative estimate of drug-likeness (QED) is 0.748. The highest BCUT2D eigenvalue weighted by Crippen LogP contribution is 2.59. The number of hydrogen-bond acceptors (Lipinski definition) is 4. The van der Waals surface area contributed by atoms with Crippen molar-refractivity contribution < 1.29 is 19.4 Å². The summed E-state index contributed by atoms with van der Waals surface area (Å²) in [4.78, 5) is 11.8. The molecule has 1 heterocycles. The smallest absolute Gasteiger partial charge is 0.334 e. The molecule has 0 spiro atoms. The van der Waals surface area contributed by atoms with Gasteiger partial charge in [0, 0.05) is 24.5 Å². The van der Waals surface area contributed by atoms with Crippen LogP contribution in [0.15, 0.2) is 11.1 Å². The van der Waals surface area contributed by atoms with E-state index >= 15 is 0 Å². The molecule has 1 N–H and O–H groups in total. The molecule has 3 rings (SSSR count). The second kappa shape index (κ2) is 4.31. The van der Waals surface area contributed by atoms with Gasteiger partial charge in [0.2, 0.25) is 0 Å². The Hall–Kier alpha value is -0.870. The number of fused-ring (bicyclic) bond motifs is 2. The van der Waals surface area contributed by atoms with Crippen LogP contribution in [0.25, 0.3) is 0 Å². The minimum atomic E-state index is -0.918. The first-order valence-electron chi connectivity index (χ1n) is 7.49. The molecule has 3 aliphatic rings. The largest absolute Gasteiger partial charge is 0.454 e. The molecule has 0 bridgehead atoms. The van der Waals surface area contributed by atoms with Crippen LogP contribution in [0.1, 0.15) is 46.5 Å². The van der Waals surface area contributed by atoms with Gasteiger partial charge in [-0.2, -0.15) is 0 Å². The Labute approximate surface area is 120 Å². The Morgan fingerprint density at radius 2 is 2.10 bits per heavy atom. The van der Waals surface area contributed by atoms with Crippen LogP contribution in [-0.4, -0.2) is 36.0 Å². The lowest BCUT2D eigenvalue weighted by Crippen LogP contribution is -2.65. The minimum Gasteiger partial charge on any atom is -0.454 e. The van der Waals surface area contributed by atoms with E-state index < -0.39 is 5.60 Å². The number of esters is 1. The van der Waals surface area contributed by atoms with Gasteiger partial charge in [-0.25, -0.2) is 4.79 Å². The summed E-state index contributed by atoms with van der Waals surface area (Å²) in [7, 11) is 1.66. The van der Waals surface area contributed by atoms with Gasteiger partial charge in [0.05, 0.1) is 6.10 Å². The molecule has 4 heteroatoms. The first kappa shape index (κ1) is 14.1. The molecule has 0 amide bonds. The summed E-state index contributed by atoms with van der Waals surface area (Å²) in [6.45, 7) is 6.18. The Morgan fingerprint density at radius 3 is 2.75 bits per heavy atom. The predicted octanol–water partition coefficient (Wildman–Crippen LogP) is 2.20. The maximum Gasteiger partial charge on any atom is 0.334 e. The number of carbonyl (C=O) groups is 1. The monoisotopic (exact) mass is 280 g/mol. The second-order valence-electron chi connectivity index (χ2n) is 6.97. The van der Waals surface area contributed by atoms with Crippen molar-refractivity contribution in [1.29, 1.82) is 0 Å². The Balaban J connectivity index is 2.05. The van der Waals surface area contributed by atoms with Gasteiger partial charge in [-0.1, -0.05) is 13.8 Å². The maximum absolute atomic E-state index is 11.8. The molecule has 0 aromatic rings. The zero-order valence-electron chi connectivity index (χ0n) is 12.7. The van der Waals surface area contributed by atoms with E-state index in [-0.39, 0.29) is 23.6 Å². The summed E-state index contributed by atoms with van der Waals surface area (Å²) in [5, 5.41) is 11.4. The first-order valence-corrected chi connectivity index (χ1v) is 7.49. The van der Waals surface area contributed by atoms with Crippen LogP contribution in [0.4, 0.5) is 0 Å². The van der Waals surface area contributed by atoms with E-state index in [1.165, 1.54) is 0 Å². The van der Waals surface area contributed by atoms with Crippen molar-refractivity contribution in [3.63, 3.8) is 0 Å². The number of methoxy groups -OCH3 is 1. The minimum absolute atomic E-state index is 0.176. The summed E-state index contributed by atoms with van der Waals surface area (Å²) in [5.74, 6) is 0.174. The van der Waals surface area contributed by atoms with Gasteiger partial charge in [-0.05, 0) is 37.7 Å². The Bertz CT molecular complexity index is 483. The first-order chi connectivity index (χ1) is 9.33. The molecule has 2 aliphatic carbocycles. The molecule has 112 valence electrons. The van der Waals surface area contributed by atoms with Gasteiger partial charge in [-0.15, -0.1) is 0 Å². The van der Waals surface area contributed by atoms with E-state index in [1.807, 2.05) is 6.92 Å². The molecule has 0 radical (unpaired) electrons. The highest BCUT2D eigenvalue weighted by atomic mass is 16.6.